The number of amides is 1. The van der Waals surface area contributed by atoms with E-state index in [-0.39, 0.29) is 23.8 Å². The molecule has 1 unspecified atom stereocenters. The molecular formula is C25H30N2O4S. The van der Waals surface area contributed by atoms with Crippen molar-refractivity contribution in [3.8, 4) is 11.3 Å². The number of carbonyl (C=O) groups is 2. The first-order chi connectivity index (χ1) is 15.1. The van der Waals surface area contributed by atoms with E-state index in [2.05, 4.69) is 38.2 Å². The summed E-state index contributed by atoms with van der Waals surface area (Å²) in [6.07, 6.45) is 0.950. The number of ether oxygens (including phenoxy) is 1. The fraction of sp³-hybridized carbons (Fsp3) is 0.400. The molecule has 1 atom stereocenters. The number of carbonyl (C=O) groups excluding carboxylic acids is 2. The average molecular weight is 455 g/mol. The van der Waals surface area contributed by atoms with Crippen LogP contribution in [0.4, 0.5) is 5.00 Å². The number of aryl methyl sites for hydroxylation is 1. The van der Waals surface area contributed by atoms with Crippen molar-refractivity contribution in [3.63, 3.8) is 0 Å². The fourth-order valence-corrected chi connectivity index (χ4v) is 4.82. The molecule has 0 aliphatic carbocycles. The lowest BCUT2D eigenvalue weighted by Crippen LogP contribution is -2.15. The molecule has 0 spiro atoms. The first-order valence-corrected chi connectivity index (χ1v) is 11.6. The van der Waals surface area contributed by atoms with Crippen molar-refractivity contribution in [2.24, 2.45) is 5.41 Å². The molecule has 3 rings (SSSR count). The molecule has 6 nitrogen and oxygen atoms in total. The molecule has 1 aromatic carbocycles. The van der Waals surface area contributed by atoms with Gasteiger partial charge in [0, 0.05) is 10.4 Å². The highest BCUT2D eigenvalue weighted by Gasteiger charge is 2.27. The first-order valence-electron chi connectivity index (χ1n) is 10.7. The Hall–Kier alpha value is -2.93. The van der Waals surface area contributed by atoms with Gasteiger partial charge in [-0.05, 0) is 37.7 Å². The maximum atomic E-state index is 13.3. The largest absolute Gasteiger partial charge is 0.462 e. The van der Waals surface area contributed by atoms with E-state index in [1.54, 1.807) is 13.8 Å². The summed E-state index contributed by atoms with van der Waals surface area (Å²) in [5.74, 6) is -0.170. The van der Waals surface area contributed by atoms with Gasteiger partial charge in [0.2, 0.25) is 0 Å². The van der Waals surface area contributed by atoms with Crippen LogP contribution < -0.4 is 5.32 Å². The summed E-state index contributed by atoms with van der Waals surface area (Å²) < 4.78 is 10.6. The molecule has 0 aliphatic heterocycles. The van der Waals surface area contributed by atoms with Crippen LogP contribution in [-0.4, -0.2) is 23.6 Å². The van der Waals surface area contributed by atoms with Crippen molar-refractivity contribution in [1.82, 2.24) is 5.16 Å². The molecule has 1 amide bonds. The number of esters is 1. The van der Waals surface area contributed by atoms with Gasteiger partial charge >= 0.3 is 5.97 Å². The molecule has 0 fully saturated rings. The van der Waals surface area contributed by atoms with Gasteiger partial charge in [0.1, 0.15) is 22.0 Å². The van der Waals surface area contributed by atoms with Crippen molar-refractivity contribution in [3.05, 3.63) is 58.2 Å². The number of thiophene rings is 1. The summed E-state index contributed by atoms with van der Waals surface area (Å²) in [6, 6.07) is 11.2. The molecule has 2 heterocycles. The van der Waals surface area contributed by atoms with Gasteiger partial charge in [0.05, 0.1) is 12.2 Å². The molecular weight excluding hydrogens is 424 g/mol. The third-order valence-corrected chi connectivity index (χ3v) is 6.30. The maximum absolute atomic E-state index is 13.3. The van der Waals surface area contributed by atoms with Gasteiger partial charge in [-0.25, -0.2) is 4.79 Å². The Kier molecular flexibility index (Phi) is 7.19. The monoisotopic (exact) mass is 454 g/mol. The third-order valence-electron chi connectivity index (χ3n) is 5.01. The van der Waals surface area contributed by atoms with E-state index in [4.69, 9.17) is 9.26 Å². The summed E-state index contributed by atoms with van der Waals surface area (Å²) >= 11 is 1.41. The molecule has 0 aliphatic rings. The lowest BCUT2D eigenvalue weighted by molar-refractivity contribution is 0.0528. The average Bonchev–Trinajstić information content (AvgIpc) is 3.31. The Balaban J connectivity index is 1.95. The first kappa shape index (κ1) is 23.7. The Bertz CT molecular complexity index is 1090. The highest BCUT2D eigenvalue weighted by Crippen LogP contribution is 2.39. The van der Waals surface area contributed by atoms with Crippen molar-refractivity contribution < 1.29 is 18.8 Å². The minimum atomic E-state index is -0.446. The number of nitrogens with one attached hydrogen (secondary N) is 1. The second kappa shape index (κ2) is 9.69. The topological polar surface area (TPSA) is 81.4 Å². The molecule has 0 saturated heterocycles. The normalized spacial score (nSPS) is 12.4. The zero-order valence-corrected chi connectivity index (χ0v) is 20.3. The summed E-state index contributed by atoms with van der Waals surface area (Å²) in [5, 5.41) is 7.48. The van der Waals surface area contributed by atoms with Crippen molar-refractivity contribution >= 4 is 28.2 Å². The molecule has 3 aromatic rings. The number of benzene rings is 1. The minimum Gasteiger partial charge on any atom is -0.462 e. The molecule has 0 radical (unpaired) electrons. The van der Waals surface area contributed by atoms with Crippen LogP contribution in [0, 0.1) is 12.3 Å². The molecule has 32 heavy (non-hydrogen) atoms. The Labute approximate surface area is 193 Å². The second-order valence-electron chi connectivity index (χ2n) is 9.06. The van der Waals surface area contributed by atoms with Gasteiger partial charge in [0.15, 0.2) is 0 Å². The van der Waals surface area contributed by atoms with E-state index < -0.39 is 5.97 Å². The van der Waals surface area contributed by atoms with E-state index in [0.29, 0.717) is 27.6 Å². The van der Waals surface area contributed by atoms with E-state index in [1.165, 1.54) is 11.3 Å². The molecule has 170 valence electrons. The van der Waals surface area contributed by atoms with Crippen LogP contribution in [0.2, 0.25) is 0 Å². The molecule has 1 N–H and O–H groups in total. The van der Waals surface area contributed by atoms with Crippen LogP contribution in [-0.2, 0) is 4.74 Å². The SMILES string of the molecule is CCOC(=O)c1cc(C(C)CC(C)(C)C)sc1NC(=O)c1c(-c2ccccc2)noc1C. The third kappa shape index (κ3) is 5.46. The van der Waals surface area contributed by atoms with Crippen molar-refractivity contribution in [2.75, 3.05) is 11.9 Å². The predicted octanol–water partition coefficient (Wildman–Crippen LogP) is 6.68. The summed E-state index contributed by atoms with van der Waals surface area (Å²) in [6.45, 7) is 12.4. The zero-order chi connectivity index (χ0) is 23.5. The fourth-order valence-electron chi connectivity index (χ4n) is 3.72. The second-order valence-corrected chi connectivity index (χ2v) is 10.1. The van der Waals surface area contributed by atoms with Gasteiger partial charge in [-0.1, -0.05) is 63.2 Å². The standard InChI is InChI=1S/C25H30N2O4S/c1-7-30-24(29)18-13-19(15(2)14-25(4,5)6)32-23(18)26-22(28)20-16(3)31-27-21(20)17-11-9-8-10-12-17/h8-13,15H,7,14H2,1-6H3,(H,26,28). The Morgan fingerprint density at radius 2 is 1.91 bits per heavy atom. The molecule has 0 bridgehead atoms. The van der Waals surface area contributed by atoms with Crippen LogP contribution in [0.3, 0.4) is 0 Å². The molecule has 0 saturated carbocycles. The van der Waals surface area contributed by atoms with Gasteiger partial charge in [-0.3, -0.25) is 4.79 Å². The lowest BCUT2D eigenvalue weighted by Gasteiger charge is -2.22. The summed E-state index contributed by atoms with van der Waals surface area (Å²) in [5.41, 5.74) is 2.11. The predicted molar refractivity (Wildman–Crippen MR) is 127 cm³/mol. The lowest BCUT2D eigenvalue weighted by atomic mass is 9.85. The minimum absolute atomic E-state index is 0.140. The van der Waals surface area contributed by atoms with Gasteiger partial charge in [-0.2, -0.15) is 0 Å². The highest BCUT2D eigenvalue weighted by atomic mass is 32.1. The van der Waals surface area contributed by atoms with Gasteiger partial charge < -0.3 is 14.6 Å². The van der Waals surface area contributed by atoms with Crippen molar-refractivity contribution in [2.45, 2.75) is 53.9 Å². The van der Waals surface area contributed by atoms with Gasteiger partial charge in [-0.15, -0.1) is 11.3 Å². The van der Waals surface area contributed by atoms with E-state index in [9.17, 15) is 9.59 Å². The van der Waals surface area contributed by atoms with E-state index in [0.717, 1.165) is 16.9 Å². The molecule has 7 heteroatoms. The maximum Gasteiger partial charge on any atom is 0.341 e. The summed E-state index contributed by atoms with van der Waals surface area (Å²) in [7, 11) is 0. The van der Waals surface area contributed by atoms with E-state index >= 15 is 0 Å². The highest BCUT2D eigenvalue weighted by molar-refractivity contribution is 7.16. The Morgan fingerprint density at radius 3 is 2.53 bits per heavy atom. The quantitative estimate of drug-likeness (QED) is 0.403. The summed E-state index contributed by atoms with van der Waals surface area (Å²) in [4.78, 5) is 26.9. The van der Waals surface area contributed by atoms with Crippen LogP contribution >= 0.6 is 11.3 Å². The number of hydrogen-bond donors (Lipinski definition) is 1. The smallest absolute Gasteiger partial charge is 0.341 e. The van der Waals surface area contributed by atoms with Crippen LogP contribution in [0.1, 0.15) is 78.3 Å². The number of rotatable bonds is 7. The Morgan fingerprint density at radius 1 is 1.22 bits per heavy atom. The van der Waals surface area contributed by atoms with Crippen LogP contribution in [0.15, 0.2) is 40.9 Å². The number of hydrogen-bond acceptors (Lipinski definition) is 6. The number of nitrogens with zero attached hydrogens (tertiary/aromatic N) is 1. The van der Waals surface area contributed by atoms with Crippen LogP contribution in [0.5, 0.6) is 0 Å². The van der Waals surface area contributed by atoms with Crippen molar-refractivity contribution in [1.29, 1.82) is 0 Å². The number of aromatic nitrogens is 1. The van der Waals surface area contributed by atoms with Crippen LogP contribution in [0.25, 0.3) is 11.3 Å². The zero-order valence-electron chi connectivity index (χ0n) is 19.4. The van der Waals surface area contributed by atoms with Gasteiger partial charge in [0.25, 0.3) is 5.91 Å². The number of anilines is 1. The molecule has 2 aromatic heterocycles. The van der Waals surface area contributed by atoms with E-state index in [1.807, 2.05) is 36.4 Å².